The highest BCUT2D eigenvalue weighted by atomic mass is 35.5. The Bertz CT molecular complexity index is 619. The van der Waals surface area contributed by atoms with Crippen molar-refractivity contribution in [2.24, 2.45) is 0 Å². The van der Waals surface area contributed by atoms with Crippen LogP contribution in [0.15, 0.2) is 24.5 Å². The van der Waals surface area contributed by atoms with Crippen molar-refractivity contribution in [2.45, 2.75) is 0 Å². The summed E-state index contributed by atoms with van der Waals surface area (Å²) in [5.41, 5.74) is 9.84. The van der Waals surface area contributed by atoms with E-state index in [-0.39, 0.29) is 5.02 Å². The Morgan fingerprint density at radius 3 is 2.60 bits per heavy atom. The maximum absolute atomic E-state index is 13.1. The zero-order valence-electron chi connectivity index (χ0n) is 11.0. The maximum atomic E-state index is 13.1. The summed E-state index contributed by atoms with van der Waals surface area (Å²) >= 11 is 5.72. The number of rotatable bonds is 4. The SMILES string of the molecule is CN(C)Nc1ncnc(Nc2ccc(F)c(Cl)c2)c1N. The standard InChI is InChI=1S/C12H14ClFN6/c1-20(2)19-12-10(15)11(16-6-17-12)18-7-3-4-9(14)8(13)5-7/h3-6H,15H2,1-2H3,(H2,16,17,18,19). The van der Waals surface area contributed by atoms with E-state index < -0.39 is 5.82 Å². The average molecular weight is 297 g/mol. The smallest absolute Gasteiger partial charge is 0.169 e. The van der Waals surface area contributed by atoms with E-state index >= 15 is 0 Å². The number of nitrogen functional groups attached to an aromatic ring is 1. The number of halogens is 2. The Hall–Kier alpha value is -2.12. The topological polar surface area (TPSA) is 79.1 Å². The highest BCUT2D eigenvalue weighted by molar-refractivity contribution is 6.31. The summed E-state index contributed by atoms with van der Waals surface area (Å²) in [5, 5.41) is 4.70. The van der Waals surface area contributed by atoms with Crippen LogP contribution in [0.3, 0.4) is 0 Å². The zero-order valence-corrected chi connectivity index (χ0v) is 11.7. The zero-order chi connectivity index (χ0) is 14.7. The summed E-state index contributed by atoms with van der Waals surface area (Å²) in [4.78, 5) is 8.09. The summed E-state index contributed by atoms with van der Waals surface area (Å²) in [6, 6.07) is 4.26. The molecule has 0 atom stereocenters. The Kier molecular flexibility index (Phi) is 4.21. The number of nitrogens with two attached hydrogens (primary N) is 1. The quantitative estimate of drug-likeness (QED) is 0.752. The molecule has 1 aromatic heterocycles. The van der Waals surface area contributed by atoms with Crippen LogP contribution in [0.4, 0.5) is 27.4 Å². The van der Waals surface area contributed by atoms with Gasteiger partial charge in [0.15, 0.2) is 11.6 Å². The van der Waals surface area contributed by atoms with E-state index in [0.29, 0.717) is 23.0 Å². The number of anilines is 4. The van der Waals surface area contributed by atoms with Crippen LogP contribution in [0.5, 0.6) is 0 Å². The normalized spacial score (nSPS) is 10.7. The number of aromatic nitrogens is 2. The van der Waals surface area contributed by atoms with Crippen LogP contribution >= 0.6 is 11.6 Å². The van der Waals surface area contributed by atoms with Gasteiger partial charge >= 0.3 is 0 Å². The second-order valence-electron chi connectivity index (χ2n) is 4.24. The first-order valence-electron chi connectivity index (χ1n) is 5.74. The molecule has 0 aliphatic rings. The molecule has 20 heavy (non-hydrogen) atoms. The third kappa shape index (κ3) is 3.25. The second kappa shape index (κ2) is 5.89. The van der Waals surface area contributed by atoms with E-state index in [1.165, 1.54) is 18.5 Å². The molecule has 4 N–H and O–H groups in total. The fourth-order valence-corrected chi connectivity index (χ4v) is 1.69. The van der Waals surface area contributed by atoms with Gasteiger partial charge in [-0.1, -0.05) is 11.6 Å². The van der Waals surface area contributed by atoms with E-state index in [9.17, 15) is 4.39 Å². The van der Waals surface area contributed by atoms with Gasteiger partial charge in [-0.05, 0) is 18.2 Å². The molecule has 0 saturated carbocycles. The van der Waals surface area contributed by atoms with Crippen LogP contribution in [0.2, 0.25) is 5.02 Å². The highest BCUT2D eigenvalue weighted by Crippen LogP contribution is 2.27. The molecule has 0 aliphatic heterocycles. The van der Waals surface area contributed by atoms with Crippen molar-refractivity contribution in [1.82, 2.24) is 15.0 Å². The lowest BCUT2D eigenvalue weighted by Crippen LogP contribution is -2.21. The molecule has 0 spiro atoms. The molecule has 2 aromatic rings. The van der Waals surface area contributed by atoms with Gasteiger partial charge < -0.3 is 16.5 Å². The van der Waals surface area contributed by atoms with E-state index in [2.05, 4.69) is 20.7 Å². The third-order valence-corrected chi connectivity index (χ3v) is 2.69. The molecule has 6 nitrogen and oxygen atoms in total. The Balaban J connectivity index is 2.27. The molecular weight excluding hydrogens is 283 g/mol. The van der Waals surface area contributed by atoms with Crippen LogP contribution in [0, 0.1) is 5.82 Å². The highest BCUT2D eigenvalue weighted by Gasteiger charge is 2.09. The van der Waals surface area contributed by atoms with Crippen molar-refractivity contribution < 1.29 is 4.39 Å². The van der Waals surface area contributed by atoms with Gasteiger partial charge in [0.05, 0.1) is 5.02 Å². The van der Waals surface area contributed by atoms with Crippen molar-refractivity contribution in [1.29, 1.82) is 0 Å². The van der Waals surface area contributed by atoms with Crippen molar-refractivity contribution in [3.05, 3.63) is 35.4 Å². The predicted molar refractivity (Wildman–Crippen MR) is 78.4 cm³/mol. The molecule has 0 radical (unpaired) electrons. The minimum absolute atomic E-state index is 0.0225. The summed E-state index contributed by atoms with van der Waals surface area (Å²) < 4.78 is 13.1. The first-order chi connectivity index (χ1) is 9.47. The van der Waals surface area contributed by atoms with Crippen LogP contribution in [0.25, 0.3) is 0 Å². The molecule has 8 heteroatoms. The number of hydrogen-bond donors (Lipinski definition) is 3. The van der Waals surface area contributed by atoms with Gasteiger partial charge in [-0.25, -0.2) is 19.4 Å². The molecule has 0 unspecified atom stereocenters. The first kappa shape index (κ1) is 14.3. The lowest BCUT2D eigenvalue weighted by molar-refractivity contribution is 0.492. The summed E-state index contributed by atoms with van der Waals surface area (Å²) in [6.07, 6.45) is 1.37. The number of nitrogens with zero attached hydrogens (tertiary/aromatic N) is 3. The van der Waals surface area contributed by atoms with E-state index in [1.54, 1.807) is 11.1 Å². The minimum Gasteiger partial charge on any atom is -0.393 e. The summed E-state index contributed by atoms with van der Waals surface area (Å²) in [6.45, 7) is 0. The molecule has 0 bridgehead atoms. The van der Waals surface area contributed by atoms with Gasteiger partial charge in [-0.2, -0.15) is 0 Å². The van der Waals surface area contributed by atoms with Gasteiger partial charge in [0.25, 0.3) is 0 Å². The summed E-state index contributed by atoms with van der Waals surface area (Å²) in [5.74, 6) is 0.399. The van der Waals surface area contributed by atoms with Gasteiger partial charge in [0, 0.05) is 19.8 Å². The van der Waals surface area contributed by atoms with Gasteiger partial charge in [-0.15, -0.1) is 0 Å². The Morgan fingerprint density at radius 1 is 1.25 bits per heavy atom. The van der Waals surface area contributed by atoms with Crippen LogP contribution < -0.4 is 16.5 Å². The van der Waals surface area contributed by atoms with Gasteiger partial charge in [0.2, 0.25) is 0 Å². The molecule has 0 aliphatic carbocycles. The number of hydrazine groups is 1. The molecule has 106 valence electrons. The Labute approximate surface area is 120 Å². The van der Waals surface area contributed by atoms with E-state index in [4.69, 9.17) is 17.3 Å². The fraction of sp³-hybridized carbons (Fsp3) is 0.167. The lowest BCUT2D eigenvalue weighted by Gasteiger charge is -2.16. The van der Waals surface area contributed by atoms with Crippen molar-refractivity contribution >= 4 is 34.6 Å². The molecular formula is C12H14ClFN6. The predicted octanol–water partition coefficient (Wildman–Crippen LogP) is 2.48. The number of hydrogen-bond acceptors (Lipinski definition) is 6. The monoisotopic (exact) mass is 296 g/mol. The van der Waals surface area contributed by atoms with E-state index in [0.717, 1.165) is 0 Å². The maximum Gasteiger partial charge on any atom is 0.169 e. The van der Waals surface area contributed by atoms with Crippen LogP contribution in [-0.2, 0) is 0 Å². The molecule has 1 heterocycles. The lowest BCUT2D eigenvalue weighted by atomic mass is 10.3. The first-order valence-corrected chi connectivity index (χ1v) is 6.11. The van der Waals surface area contributed by atoms with E-state index in [1.807, 2.05) is 14.1 Å². The Morgan fingerprint density at radius 2 is 1.95 bits per heavy atom. The molecule has 0 saturated heterocycles. The number of benzene rings is 1. The van der Waals surface area contributed by atoms with Crippen molar-refractivity contribution in [2.75, 3.05) is 30.6 Å². The summed E-state index contributed by atoms with van der Waals surface area (Å²) in [7, 11) is 3.63. The third-order valence-electron chi connectivity index (χ3n) is 2.40. The van der Waals surface area contributed by atoms with Crippen LogP contribution in [-0.4, -0.2) is 29.1 Å². The number of nitrogens with one attached hydrogen (secondary N) is 2. The van der Waals surface area contributed by atoms with Gasteiger partial charge in [-0.3, -0.25) is 0 Å². The molecule has 1 aromatic carbocycles. The van der Waals surface area contributed by atoms with Crippen LogP contribution in [0.1, 0.15) is 0 Å². The molecule has 0 fully saturated rings. The molecule has 2 rings (SSSR count). The van der Waals surface area contributed by atoms with Crippen molar-refractivity contribution in [3.63, 3.8) is 0 Å². The van der Waals surface area contributed by atoms with Gasteiger partial charge in [0.1, 0.15) is 17.8 Å². The van der Waals surface area contributed by atoms with Crippen molar-refractivity contribution in [3.8, 4) is 0 Å². The largest absolute Gasteiger partial charge is 0.393 e. The average Bonchev–Trinajstić information content (AvgIpc) is 2.38. The second-order valence-corrected chi connectivity index (χ2v) is 4.65. The minimum atomic E-state index is -0.483. The molecule has 0 amide bonds. The fourth-order valence-electron chi connectivity index (χ4n) is 1.51.